The van der Waals surface area contributed by atoms with Gasteiger partial charge in [0.1, 0.15) is 25.8 Å². The molecule has 190 valence electrons. The topological polar surface area (TPSA) is 105 Å². The van der Waals surface area contributed by atoms with Gasteiger partial charge in [0, 0.05) is 23.6 Å². The van der Waals surface area contributed by atoms with Gasteiger partial charge in [-0.3, -0.25) is 13.9 Å². The van der Waals surface area contributed by atoms with Crippen LogP contribution in [0.25, 0.3) is 0 Å². The van der Waals surface area contributed by atoms with Gasteiger partial charge in [0.25, 0.3) is 0 Å². The number of nitrogens with one attached hydrogen (secondary N) is 1. The van der Waals surface area contributed by atoms with E-state index in [4.69, 9.17) is 9.47 Å². The molecule has 3 rings (SSSR count). The Labute approximate surface area is 214 Å². The van der Waals surface area contributed by atoms with Crippen LogP contribution in [0.1, 0.15) is 25.8 Å². The fourth-order valence-electron chi connectivity index (χ4n) is 3.61. The van der Waals surface area contributed by atoms with Crippen LogP contribution in [0.5, 0.6) is 11.5 Å². The van der Waals surface area contributed by atoms with E-state index in [0.717, 1.165) is 27.0 Å². The van der Waals surface area contributed by atoms with E-state index in [1.54, 1.807) is 25.1 Å². The highest BCUT2D eigenvalue weighted by Crippen LogP contribution is 2.34. The molecule has 1 aliphatic heterocycles. The van der Waals surface area contributed by atoms with Crippen LogP contribution in [0, 0.1) is 0 Å². The molecule has 0 radical (unpaired) electrons. The summed E-state index contributed by atoms with van der Waals surface area (Å²) in [4.78, 5) is 27.7. The Hall–Kier alpha value is -2.79. The monoisotopic (exact) mass is 567 g/mol. The third-order valence-corrected chi connectivity index (χ3v) is 7.09. The second kappa shape index (κ2) is 11.8. The third kappa shape index (κ3) is 7.11. The number of hydrogen-bond donors (Lipinski definition) is 1. The van der Waals surface area contributed by atoms with Gasteiger partial charge in [-0.2, -0.15) is 0 Å². The van der Waals surface area contributed by atoms with Crippen molar-refractivity contribution in [3.63, 3.8) is 0 Å². The molecule has 1 N–H and O–H groups in total. The lowest BCUT2D eigenvalue weighted by Crippen LogP contribution is -2.51. The largest absolute Gasteiger partial charge is 0.486 e. The first-order valence-corrected chi connectivity index (χ1v) is 13.9. The van der Waals surface area contributed by atoms with Gasteiger partial charge in [-0.1, -0.05) is 35.0 Å². The molecule has 11 heteroatoms. The van der Waals surface area contributed by atoms with E-state index < -0.39 is 28.5 Å². The summed E-state index contributed by atoms with van der Waals surface area (Å²) in [5, 5.41) is 2.81. The first-order chi connectivity index (χ1) is 16.6. The molecule has 2 amide bonds. The van der Waals surface area contributed by atoms with Crippen molar-refractivity contribution in [3.05, 3.63) is 52.5 Å². The van der Waals surface area contributed by atoms with Crippen molar-refractivity contribution in [1.29, 1.82) is 0 Å². The van der Waals surface area contributed by atoms with Crippen LogP contribution in [0.3, 0.4) is 0 Å². The molecule has 2 aromatic carbocycles. The third-order valence-electron chi connectivity index (χ3n) is 5.45. The van der Waals surface area contributed by atoms with Crippen LogP contribution in [0.15, 0.2) is 46.9 Å². The maximum absolute atomic E-state index is 13.5. The molecule has 1 heterocycles. The van der Waals surface area contributed by atoms with E-state index >= 15 is 0 Å². The summed E-state index contributed by atoms with van der Waals surface area (Å²) in [7, 11) is -3.83. The van der Waals surface area contributed by atoms with Crippen LogP contribution in [0.4, 0.5) is 5.69 Å². The number of benzene rings is 2. The summed E-state index contributed by atoms with van der Waals surface area (Å²) in [5.41, 5.74) is 1.07. The van der Waals surface area contributed by atoms with Crippen molar-refractivity contribution >= 4 is 43.5 Å². The fourth-order valence-corrected chi connectivity index (χ4v) is 4.90. The van der Waals surface area contributed by atoms with Crippen LogP contribution >= 0.6 is 15.9 Å². The zero-order chi connectivity index (χ0) is 25.6. The number of fused-ring (bicyclic) bond motifs is 1. The Kier molecular flexibility index (Phi) is 9.01. The number of sulfonamides is 1. The SMILES string of the molecule is CCCNC(=O)[C@@H](C)N(Cc1cccc(Br)c1)C(=O)CN(c1ccc2c(c1)OCCO2)S(C)(=O)=O. The Bertz CT molecular complexity index is 1170. The Morgan fingerprint density at radius 3 is 2.49 bits per heavy atom. The first-order valence-electron chi connectivity index (χ1n) is 11.3. The second-order valence-corrected chi connectivity index (χ2v) is 11.0. The maximum Gasteiger partial charge on any atom is 0.244 e. The van der Waals surface area contributed by atoms with E-state index in [2.05, 4.69) is 21.2 Å². The summed E-state index contributed by atoms with van der Waals surface area (Å²) in [6.45, 7) is 4.47. The number of anilines is 1. The molecule has 1 atom stereocenters. The molecule has 35 heavy (non-hydrogen) atoms. The van der Waals surface area contributed by atoms with Gasteiger partial charge in [-0.15, -0.1) is 0 Å². The van der Waals surface area contributed by atoms with Crippen LogP contribution < -0.4 is 19.1 Å². The van der Waals surface area contributed by atoms with Crippen molar-refractivity contribution in [3.8, 4) is 11.5 Å². The average molecular weight is 568 g/mol. The number of ether oxygens (including phenoxy) is 2. The summed E-state index contributed by atoms with van der Waals surface area (Å²) in [6.07, 6.45) is 1.79. The van der Waals surface area contributed by atoms with Crippen molar-refractivity contribution in [2.45, 2.75) is 32.9 Å². The Morgan fingerprint density at radius 2 is 1.83 bits per heavy atom. The van der Waals surface area contributed by atoms with E-state index in [1.165, 1.54) is 4.90 Å². The molecule has 0 unspecified atom stereocenters. The number of carbonyl (C=O) groups is 2. The summed E-state index contributed by atoms with van der Waals surface area (Å²) in [5.74, 6) is 0.107. The summed E-state index contributed by atoms with van der Waals surface area (Å²) >= 11 is 3.42. The van der Waals surface area contributed by atoms with E-state index in [-0.39, 0.29) is 18.1 Å². The number of carbonyl (C=O) groups excluding carboxylic acids is 2. The summed E-state index contributed by atoms with van der Waals surface area (Å²) < 4.78 is 38.3. The molecular weight excluding hydrogens is 538 g/mol. The highest BCUT2D eigenvalue weighted by molar-refractivity contribution is 9.10. The van der Waals surface area contributed by atoms with Crippen LogP contribution in [-0.4, -0.2) is 63.7 Å². The van der Waals surface area contributed by atoms with E-state index in [9.17, 15) is 18.0 Å². The van der Waals surface area contributed by atoms with Gasteiger partial charge in [0.15, 0.2) is 11.5 Å². The number of amides is 2. The lowest BCUT2D eigenvalue weighted by atomic mass is 10.1. The molecule has 0 aliphatic carbocycles. The molecule has 0 fully saturated rings. The lowest BCUT2D eigenvalue weighted by molar-refractivity contribution is -0.139. The minimum atomic E-state index is -3.83. The second-order valence-electron chi connectivity index (χ2n) is 8.22. The minimum absolute atomic E-state index is 0.137. The zero-order valence-corrected chi connectivity index (χ0v) is 22.4. The molecule has 9 nitrogen and oxygen atoms in total. The van der Waals surface area contributed by atoms with Crippen molar-refractivity contribution in [1.82, 2.24) is 10.2 Å². The molecule has 0 spiro atoms. The minimum Gasteiger partial charge on any atom is -0.486 e. The van der Waals surface area contributed by atoms with E-state index in [0.29, 0.717) is 31.3 Å². The van der Waals surface area contributed by atoms with Crippen molar-refractivity contribution in [2.24, 2.45) is 0 Å². The van der Waals surface area contributed by atoms with Crippen molar-refractivity contribution < 1.29 is 27.5 Å². The average Bonchev–Trinajstić information content (AvgIpc) is 2.82. The smallest absolute Gasteiger partial charge is 0.244 e. The van der Waals surface area contributed by atoms with Gasteiger partial charge in [0.05, 0.1) is 11.9 Å². The molecule has 2 aromatic rings. The highest BCUT2D eigenvalue weighted by Gasteiger charge is 2.30. The molecule has 0 saturated carbocycles. The first kappa shape index (κ1) is 26.8. The number of rotatable bonds is 10. The van der Waals surface area contributed by atoms with Gasteiger partial charge in [-0.05, 0) is 43.2 Å². The fraction of sp³-hybridized carbons (Fsp3) is 0.417. The maximum atomic E-state index is 13.5. The molecule has 1 aliphatic rings. The van der Waals surface area contributed by atoms with Crippen LogP contribution in [0.2, 0.25) is 0 Å². The van der Waals surface area contributed by atoms with E-state index in [1.807, 2.05) is 31.2 Å². The normalized spacial score (nSPS) is 13.6. The van der Waals surface area contributed by atoms with Crippen molar-refractivity contribution in [2.75, 3.05) is 36.9 Å². The Morgan fingerprint density at radius 1 is 1.11 bits per heavy atom. The Balaban J connectivity index is 1.90. The quantitative estimate of drug-likeness (QED) is 0.473. The summed E-state index contributed by atoms with van der Waals surface area (Å²) in [6, 6.07) is 11.3. The highest BCUT2D eigenvalue weighted by atomic mass is 79.9. The molecule has 0 saturated heterocycles. The molecular formula is C24H30BrN3O6S. The molecule has 0 bridgehead atoms. The number of hydrogen-bond acceptors (Lipinski definition) is 6. The molecule has 0 aromatic heterocycles. The van der Waals surface area contributed by atoms with Gasteiger partial charge >= 0.3 is 0 Å². The predicted octanol–water partition coefficient (Wildman–Crippen LogP) is 2.93. The van der Waals surface area contributed by atoms with Gasteiger partial charge in [-0.25, -0.2) is 8.42 Å². The lowest BCUT2D eigenvalue weighted by Gasteiger charge is -2.31. The van der Waals surface area contributed by atoms with Crippen LogP contribution in [-0.2, 0) is 26.2 Å². The predicted molar refractivity (Wildman–Crippen MR) is 137 cm³/mol. The van der Waals surface area contributed by atoms with Gasteiger partial charge < -0.3 is 19.7 Å². The number of nitrogens with zero attached hydrogens (tertiary/aromatic N) is 2. The number of halogens is 1. The zero-order valence-electron chi connectivity index (χ0n) is 20.0. The standard InChI is InChI=1S/C24H30BrN3O6S/c1-4-10-26-24(30)17(2)27(15-18-6-5-7-19(25)13-18)23(29)16-28(35(3,31)32)20-8-9-21-22(14-20)34-12-11-33-21/h5-9,13-14,17H,4,10-12,15-16H2,1-3H3,(H,26,30)/t17-/m1/s1. The van der Waals surface area contributed by atoms with Gasteiger partial charge in [0.2, 0.25) is 21.8 Å².